The van der Waals surface area contributed by atoms with Crippen molar-refractivity contribution in [1.29, 1.82) is 0 Å². The fourth-order valence-electron chi connectivity index (χ4n) is 1.91. The van der Waals surface area contributed by atoms with E-state index in [2.05, 4.69) is 34.2 Å². The first-order chi connectivity index (χ1) is 9.20. The average Bonchev–Trinajstić information content (AvgIpc) is 2.87. The molecule has 1 atom stereocenters. The molecule has 19 heavy (non-hydrogen) atoms. The normalized spacial score (nSPS) is 12.5. The SMILES string of the molecule is CC(CBr)CCCNC(=O)c1cc2ccccc2s1. The van der Waals surface area contributed by atoms with E-state index in [0.29, 0.717) is 5.92 Å². The van der Waals surface area contributed by atoms with Crippen LogP contribution in [0.15, 0.2) is 30.3 Å². The van der Waals surface area contributed by atoms with Gasteiger partial charge in [0, 0.05) is 16.6 Å². The predicted octanol–water partition coefficient (Wildman–Crippen LogP) is 4.44. The number of fused-ring (bicyclic) bond motifs is 1. The molecule has 0 saturated heterocycles. The van der Waals surface area contributed by atoms with E-state index in [9.17, 15) is 4.79 Å². The Morgan fingerprint density at radius 1 is 1.42 bits per heavy atom. The van der Waals surface area contributed by atoms with Gasteiger partial charge in [-0.05, 0) is 36.3 Å². The highest BCUT2D eigenvalue weighted by Crippen LogP contribution is 2.25. The van der Waals surface area contributed by atoms with Crippen molar-refractivity contribution in [2.75, 3.05) is 11.9 Å². The third-order valence-corrected chi connectivity index (χ3v) is 5.29. The quantitative estimate of drug-likeness (QED) is 0.611. The van der Waals surface area contributed by atoms with E-state index in [1.54, 1.807) is 11.3 Å². The maximum Gasteiger partial charge on any atom is 0.261 e. The topological polar surface area (TPSA) is 29.1 Å². The summed E-state index contributed by atoms with van der Waals surface area (Å²) in [5.74, 6) is 0.717. The van der Waals surface area contributed by atoms with Crippen LogP contribution in [0.2, 0.25) is 0 Å². The summed E-state index contributed by atoms with van der Waals surface area (Å²) >= 11 is 5.02. The third-order valence-electron chi connectivity index (χ3n) is 3.07. The number of hydrogen-bond donors (Lipinski definition) is 1. The molecule has 1 unspecified atom stereocenters. The number of nitrogens with one attached hydrogen (secondary N) is 1. The van der Waals surface area contributed by atoms with Crippen molar-refractivity contribution in [3.05, 3.63) is 35.2 Å². The van der Waals surface area contributed by atoms with Gasteiger partial charge in [0.2, 0.25) is 0 Å². The van der Waals surface area contributed by atoms with Gasteiger partial charge in [-0.2, -0.15) is 0 Å². The summed E-state index contributed by atoms with van der Waals surface area (Å²) < 4.78 is 1.17. The number of rotatable bonds is 6. The first-order valence-electron chi connectivity index (χ1n) is 6.53. The highest BCUT2D eigenvalue weighted by Gasteiger charge is 2.09. The number of alkyl halides is 1. The number of benzene rings is 1. The monoisotopic (exact) mass is 339 g/mol. The second-order valence-electron chi connectivity index (χ2n) is 4.81. The van der Waals surface area contributed by atoms with Crippen LogP contribution in [-0.2, 0) is 0 Å². The Balaban J connectivity index is 1.86. The minimum absolute atomic E-state index is 0.0488. The molecule has 0 bridgehead atoms. The molecule has 2 nitrogen and oxygen atoms in total. The Morgan fingerprint density at radius 2 is 2.21 bits per heavy atom. The van der Waals surface area contributed by atoms with Crippen LogP contribution in [0.3, 0.4) is 0 Å². The summed E-state index contributed by atoms with van der Waals surface area (Å²) in [6, 6.07) is 10.1. The van der Waals surface area contributed by atoms with E-state index in [1.807, 2.05) is 24.3 Å². The average molecular weight is 340 g/mol. The maximum absolute atomic E-state index is 12.0. The van der Waals surface area contributed by atoms with E-state index >= 15 is 0 Å². The van der Waals surface area contributed by atoms with Gasteiger partial charge in [-0.3, -0.25) is 4.79 Å². The third kappa shape index (κ3) is 4.05. The smallest absolute Gasteiger partial charge is 0.261 e. The standard InChI is InChI=1S/C15H18BrNOS/c1-11(10-16)5-4-8-17-15(18)14-9-12-6-2-3-7-13(12)19-14/h2-3,6-7,9,11H,4-5,8,10H2,1H3,(H,17,18). The molecule has 0 radical (unpaired) electrons. The molecule has 2 rings (SSSR count). The Kier molecular flexibility index (Phi) is 5.40. The lowest BCUT2D eigenvalue weighted by Gasteiger charge is -2.07. The fourth-order valence-corrected chi connectivity index (χ4v) is 3.21. The number of hydrogen-bond acceptors (Lipinski definition) is 2. The van der Waals surface area contributed by atoms with Gasteiger partial charge >= 0.3 is 0 Å². The molecular weight excluding hydrogens is 322 g/mol. The van der Waals surface area contributed by atoms with E-state index in [-0.39, 0.29) is 5.91 Å². The summed E-state index contributed by atoms with van der Waals surface area (Å²) in [5.41, 5.74) is 0. The van der Waals surface area contributed by atoms with E-state index in [1.165, 1.54) is 4.70 Å². The van der Waals surface area contributed by atoms with Crippen LogP contribution < -0.4 is 5.32 Å². The fraction of sp³-hybridized carbons (Fsp3) is 0.400. The largest absolute Gasteiger partial charge is 0.351 e. The van der Waals surface area contributed by atoms with Crippen LogP contribution in [0.5, 0.6) is 0 Å². The van der Waals surface area contributed by atoms with Crippen molar-refractivity contribution in [3.63, 3.8) is 0 Å². The van der Waals surface area contributed by atoms with Crippen LogP contribution in [0.1, 0.15) is 29.4 Å². The summed E-state index contributed by atoms with van der Waals surface area (Å²) in [6.07, 6.45) is 2.17. The van der Waals surface area contributed by atoms with E-state index < -0.39 is 0 Å². The number of carbonyl (C=O) groups excluding carboxylic acids is 1. The first kappa shape index (κ1) is 14.5. The zero-order valence-corrected chi connectivity index (χ0v) is 13.4. The van der Waals surface area contributed by atoms with Gasteiger partial charge in [-0.15, -0.1) is 11.3 Å². The van der Waals surface area contributed by atoms with Crippen molar-refractivity contribution in [3.8, 4) is 0 Å². The maximum atomic E-state index is 12.0. The highest BCUT2D eigenvalue weighted by molar-refractivity contribution is 9.09. The van der Waals surface area contributed by atoms with Gasteiger partial charge in [0.1, 0.15) is 0 Å². The molecule has 2 aromatic rings. The number of carbonyl (C=O) groups is 1. The number of thiophene rings is 1. The minimum Gasteiger partial charge on any atom is -0.351 e. The molecule has 0 aliphatic carbocycles. The lowest BCUT2D eigenvalue weighted by molar-refractivity contribution is 0.0956. The van der Waals surface area contributed by atoms with Gasteiger partial charge in [-0.25, -0.2) is 0 Å². The summed E-state index contributed by atoms with van der Waals surface area (Å²) in [5, 5.41) is 5.16. The van der Waals surface area contributed by atoms with Gasteiger partial charge in [0.25, 0.3) is 5.91 Å². The van der Waals surface area contributed by atoms with Gasteiger partial charge in [0.15, 0.2) is 0 Å². The van der Waals surface area contributed by atoms with Crippen LogP contribution in [0.4, 0.5) is 0 Å². The number of amides is 1. The second-order valence-corrected chi connectivity index (χ2v) is 6.54. The molecule has 0 saturated carbocycles. The van der Waals surface area contributed by atoms with E-state index in [0.717, 1.165) is 35.0 Å². The molecule has 4 heteroatoms. The van der Waals surface area contributed by atoms with Crippen molar-refractivity contribution in [1.82, 2.24) is 5.32 Å². The molecule has 1 amide bonds. The molecule has 0 aliphatic rings. The molecule has 1 heterocycles. The molecule has 0 fully saturated rings. The number of halogens is 1. The van der Waals surface area contributed by atoms with Crippen LogP contribution in [0.25, 0.3) is 10.1 Å². The second kappa shape index (κ2) is 7.06. The molecule has 1 N–H and O–H groups in total. The van der Waals surface area contributed by atoms with Crippen molar-refractivity contribution >= 4 is 43.3 Å². The van der Waals surface area contributed by atoms with Crippen LogP contribution >= 0.6 is 27.3 Å². The Labute approximate surface area is 126 Å². The summed E-state index contributed by atoms with van der Waals surface area (Å²) in [6.45, 7) is 2.97. The van der Waals surface area contributed by atoms with E-state index in [4.69, 9.17) is 0 Å². The summed E-state index contributed by atoms with van der Waals surface area (Å²) in [4.78, 5) is 12.8. The molecular formula is C15H18BrNOS. The lowest BCUT2D eigenvalue weighted by Crippen LogP contribution is -2.23. The lowest BCUT2D eigenvalue weighted by atomic mass is 10.1. The molecule has 1 aromatic heterocycles. The van der Waals surface area contributed by atoms with Crippen molar-refractivity contribution < 1.29 is 4.79 Å². The molecule has 102 valence electrons. The first-order valence-corrected chi connectivity index (χ1v) is 8.47. The Morgan fingerprint density at radius 3 is 2.95 bits per heavy atom. The van der Waals surface area contributed by atoms with Gasteiger partial charge < -0.3 is 5.32 Å². The minimum atomic E-state index is 0.0488. The van der Waals surface area contributed by atoms with Gasteiger partial charge in [0.05, 0.1) is 4.88 Å². The molecule has 1 aromatic carbocycles. The molecule has 0 aliphatic heterocycles. The van der Waals surface area contributed by atoms with Crippen LogP contribution in [0, 0.1) is 5.92 Å². The zero-order valence-electron chi connectivity index (χ0n) is 11.0. The highest BCUT2D eigenvalue weighted by atomic mass is 79.9. The van der Waals surface area contributed by atoms with Crippen LogP contribution in [-0.4, -0.2) is 17.8 Å². The predicted molar refractivity (Wildman–Crippen MR) is 86.4 cm³/mol. The van der Waals surface area contributed by atoms with Crippen molar-refractivity contribution in [2.45, 2.75) is 19.8 Å². The van der Waals surface area contributed by atoms with Gasteiger partial charge in [-0.1, -0.05) is 41.1 Å². The summed E-state index contributed by atoms with van der Waals surface area (Å²) in [7, 11) is 0. The Hall–Kier alpha value is -0.870. The van der Waals surface area contributed by atoms with Crippen molar-refractivity contribution in [2.24, 2.45) is 5.92 Å². The molecule has 0 spiro atoms. The Bertz CT molecular complexity index is 519. The zero-order chi connectivity index (χ0) is 13.7.